The lowest BCUT2D eigenvalue weighted by Crippen LogP contribution is -1.98. The Hall–Kier alpha value is -1.45. The lowest BCUT2D eigenvalue weighted by atomic mass is 10.2. The number of aromatic nitrogens is 1. The summed E-state index contributed by atoms with van der Waals surface area (Å²) in [5.41, 5.74) is 7.30. The SMILES string of the molecule is Nc1ccc(COc2ncc(Cl)cc2Cl)cc1. The zero-order valence-corrected chi connectivity index (χ0v) is 10.4. The fourth-order valence-corrected chi connectivity index (χ4v) is 1.71. The van der Waals surface area contributed by atoms with Gasteiger partial charge in [0.15, 0.2) is 0 Å². The van der Waals surface area contributed by atoms with Gasteiger partial charge in [-0.05, 0) is 23.8 Å². The van der Waals surface area contributed by atoms with Gasteiger partial charge in [-0.15, -0.1) is 0 Å². The van der Waals surface area contributed by atoms with Gasteiger partial charge >= 0.3 is 0 Å². The number of nitrogens with zero attached hydrogens (tertiary/aromatic N) is 1. The van der Waals surface area contributed by atoms with Gasteiger partial charge in [0.05, 0.1) is 5.02 Å². The smallest absolute Gasteiger partial charge is 0.232 e. The second-order valence-corrected chi connectivity index (χ2v) is 4.31. The molecular formula is C12H10Cl2N2O. The van der Waals surface area contributed by atoms with Gasteiger partial charge in [0, 0.05) is 11.9 Å². The summed E-state index contributed by atoms with van der Waals surface area (Å²) in [5, 5.41) is 0.878. The number of nitrogens with two attached hydrogens (primary N) is 1. The fourth-order valence-electron chi connectivity index (χ4n) is 1.27. The number of nitrogen functional groups attached to an aromatic ring is 1. The first kappa shape index (κ1) is 12.0. The normalized spacial score (nSPS) is 10.2. The summed E-state index contributed by atoms with van der Waals surface area (Å²) in [5.74, 6) is 0.368. The number of ether oxygens (including phenoxy) is 1. The van der Waals surface area contributed by atoms with Gasteiger partial charge < -0.3 is 10.5 Å². The molecule has 88 valence electrons. The first-order valence-corrected chi connectivity index (χ1v) is 5.69. The number of pyridine rings is 1. The van der Waals surface area contributed by atoms with Gasteiger partial charge in [0.25, 0.3) is 0 Å². The highest BCUT2D eigenvalue weighted by Crippen LogP contribution is 2.25. The molecule has 0 amide bonds. The molecule has 2 N–H and O–H groups in total. The van der Waals surface area contributed by atoms with E-state index in [2.05, 4.69) is 4.98 Å². The van der Waals surface area contributed by atoms with Gasteiger partial charge in [-0.1, -0.05) is 35.3 Å². The maximum absolute atomic E-state index is 5.93. The standard InChI is InChI=1S/C12H10Cl2N2O/c13-9-5-11(14)12(16-6-9)17-7-8-1-3-10(15)4-2-8/h1-6H,7,15H2. The third-order valence-corrected chi connectivity index (χ3v) is 2.61. The second kappa shape index (κ2) is 5.25. The Bertz CT molecular complexity index is 514. The van der Waals surface area contributed by atoms with Crippen LogP contribution in [-0.2, 0) is 6.61 Å². The first-order chi connectivity index (χ1) is 8.15. The van der Waals surface area contributed by atoms with E-state index < -0.39 is 0 Å². The minimum Gasteiger partial charge on any atom is -0.472 e. The van der Waals surface area contributed by atoms with Gasteiger partial charge in [-0.25, -0.2) is 4.98 Å². The second-order valence-electron chi connectivity index (χ2n) is 3.47. The number of halogens is 2. The zero-order chi connectivity index (χ0) is 12.3. The van der Waals surface area contributed by atoms with E-state index in [1.807, 2.05) is 24.3 Å². The number of anilines is 1. The van der Waals surface area contributed by atoms with Crippen LogP contribution < -0.4 is 10.5 Å². The Balaban J connectivity index is 2.04. The maximum Gasteiger partial charge on any atom is 0.232 e. The molecule has 0 fully saturated rings. The molecule has 3 nitrogen and oxygen atoms in total. The van der Waals surface area contributed by atoms with Crippen molar-refractivity contribution < 1.29 is 4.74 Å². The quantitative estimate of drug-likeness (QED) is 0.867. The highest BCUT2D eigenvalue weighted by molar-refractivity contribution is 6.35. The van der Waals surface area contributed by atoms with Crippen molar-refractivity contribution in [1.82, 2.24) is 4.98 Å². The Morgan fingerprint density at radius 1 is 1.18 bits per heavy atom. The lowest BCUT2D eigenvalue weighted by molar-refractivity contribution is 0.294. The number of rotatable bonds is 3. The molecule has 0 bridgehead atoms. The predicted molar refractivity (Wildman–Crippen MR) is 69.4 cm³/mol. The largest absolute Gasteiger partial charge is 0.472 e. The van der Waals surface area contributed by atoms with Crippen LogP contribution in [0.5, 0.6) is 5.88 Å². The molecule has 1 aromatic heterocycles. The molecule has 0 atom stereocenters. The Labute approximate surface area is 109 Å². The molecule has 0 aliphatic carbocycles. The lowest BCUT2D eigenvalue weighted by Gasteiger charge is -2.07. The molecular weight excluding hydrogens is 259 g/mol. The third-order valence-electron chi connectivity index (χ3n) is 2.13. The van der Waals surface area contributed by atoms with Crippen LogP contribution in [0.15, 0.2) is 36.5 Å². The fraction of sp³-hybridized carbons (Fsp3) is 0.0833. The highest BCUT2D eigenvalue weighted by Gasteiger charge is 2.04. The molecule has 0 aliphatic heterocycles. The van der Waals surface area contributed by atoms with Crippen LogP contribution in [0.2, 0.25) is 10.0 Å². The Kier molecular flexibility index (Phi) is 3.71. The molecule has 0 radical (unpaired) electrons. The van der Waals surface area contributed by atoms with Crippen LogP contribution in [0, 0.1) is 0 Å². The molecule has 2 aromatic rings. The van der Waals surface area contributed by atoms with E-state index in [1.165, 1.54) is 6.20 Å². The van der Waals surface area contributed by atoms with Crippen molar-refractivity contribution in [2.75, 3.05) is 5.73 Å². The molecule has 5 heteroatoms. The molecule has 0 aliphatic rings. The summed E-state index contributed by atoms with van der Waals surface area (Å²) in [6, 6.07) is 9.00. The van der Waals surface area contributed by atoms with E-state index in [-0.39, 0.29) is 0 Å². The first-order valence-electron chi connectivity index (χ1n) is 4.93. The molecule has 1 aromatic carbocycles. The van der Waals surface area contributed by atoms with Gasteiger partial charge in [-0.2, -0.15) is 0 Å². The average molecular weight is 269 g/mol. The highest BCUT2D eigenvalue weighted by atomic mass is 35.5. The summed E-state index contributed by atoms with van der Waals surface area (Å²) in [4.78, 5) is 4.00. The van der Waals surface area contributed by atoms with Crippen molar-refractivity contribution in [3.05, 3.63) is 52.1 Å². The predicted octanol–water partition coefficient (Wildman–Crippen LogP) is 3.55. The molecule has 17 heavy (non-hydrogen) atoms. The van der Waals surface area contributed by atoms with Gasteiger partial charge in [0.1, 0.15) is 11.6 Å². The Morgan fingerprint density at radius 3 is 2.53 bits per heavy atom. The van der Waals surface area contributed by atoms with Crippen LogP contribution in [0.3, 0.4) is 0 Å². The summed E-state index contributed by atoms with van der Waals surface area (Å²) >= 11 is 11.7. The van der Waals surface area contributed by atoms with Crippen molar-refractivity contribution in [2.45, 2.75) is 6.61 Å². The molecule has 0 saturated heterocycles. The van der Waals surface area contributed by atoms with E-state index >= 15 is 0 Å². The van der Waals surface area contributed by atoms with Crippen LogP contribution in [0.4, 0.5) is 5.69 Å². The molecule has 0 spiro atoms. The van der Waals surface area contributed by atoms with E-state index in [1.54, 1.807) is 6.07 Å². The summed E-state index contributed by atoms with van der Waals surface area (Å²) in [7, 11) is 0. The maximum atomic E-state index is 5.93. The summed E-state index contributed by atoms with van der Waals surface area (Å²) < 4.78 is 5.48. The van der Waals surface area contributed by atoms with E-state index in [0.29, 0.717) is 22.5 Å². The van der Waals surface area contributed by atoms with Crippen LogP contribution in [0.25, 0.3) is 0 Å². The molecule has 1 heterocycles. The average Bonchev–Trinajstić information content (AvgIpc) is 2.30. The van der Waals surface area contributed by atoms with Gasteiger partial charge in [0.2, 0.25) is 5.88 Å². The van der Waals surface area contributed by atoms with Crippen molar-refractivity contribution in [3.63, 3.8) is 0 Å². The number of benzene rings is 1. The van der Waals surface area contributed by atoms with Crippen molar-refractivity contribution in [2.24, 2.45) is 0 Å². The van der Waals surface area contributed by atoms with E-state index in [9.17, 15) is 0 Å². The van der Waals surface area contributed by atoms with E-state index in [4.69, 9.17) is 33.7 Å². The minimum atomic E-state index is 0.368. The molecule has 0 unspecified atom stereocenters. The third kappa shape index (κ3) is 3.25. The monoisotopic (exact) mass is 268 g/mol. The van der Waals surface area contributed by atoms with Crippen LogP contribution >= 0.6 is 23.2 Å². The topological polar surface area (TPSA) is 48.1 Å². The van der Waals surface area contributed by atoms with Gasteiger partial charge in [-0.3, -0.25) is 0 Å². The summed E-state index contributed by atoms with van der Waals surface area (Å²) in [6.45, 7) is 0.384. The van der Waals surface area contributed by atoms with Crippen molar-refractivity contribution in [1.29, 1.82) is 0 Å². The molecule has 0 saturated carbocycles. The summed E-state index contributed by atoms with van der Waals surface area (Å²) in [6.07, 6.45) is 1.49. The minimum absolute atomic E-state index is 0.368. The number of hydrogen-bond donors (Lipinski definition) is 1. The van der Waals surface area contributed by atoms with Crippen LogP contribution in [-0.4, -0.2) is 4.98 Å². The van der Waals surface area contributed by atoms with Crippen molar-refractivity contribution >= 4 is 28.9 Å². The van der Waals surface area contributed by atoms with Crippen LogP contribution in [0.1, 0.15) is 5.56 Å². The Morgan fingerprint density at radius 2 is 1.88 bits per heavy atom. The van der Waals surface area contributed by atoms with Crippen molar-refractivity contribution in [3.8, 4) is 5.88 Å². The van der Waals surface area contributed by atoms with E-state index in [0.717, 1.165) is 11.3 Å². The number of hydrogen-bond acceptors (Lipinski definition) is 3. The molecule has 2 rings (SSSR count). The zero-order valence-electron chi connectivity index (χ0n) is 8.86.